The molecule has 0 aliphatic rings. The first-order chi connectivity index (χ1) is 14.7. The fraction of sp³-hybridized carbons (Fsp3) is 0.154. The van der Waals surface area contributed by atoms with Crippen molar-refractivity contribution < 1.29 is 4.79 Å². The molecule has 0 saturated heterocycles. The first-order valence-electron chi connectivity index (χ1n) is 10.2. The maximum Gasteiger partial charge on any atom is 0.220 e. The van der Waals surface area contributed by atoms with Crippen molar-refractivity contribution in [2.24, 2.45) is 0 Å². The van der Waals surface area contributed by atoms with Gasteiger partial charge in [-0.1, -0.05) is 78.9 Å². The average Bonchev–Trinajstić information content (AvgIpc) is 3.24. The number of para-hydroxylation sites is 1. The Kier molecular flexibility index (Phi) is 6.04. The summed E-state index contributed by atoms with van der Waals surface area (Å²) in [7, 11) is 0. The van der Waals surface area contributed by atoms with Crippen LogP contribution in [0.25, 0.3) is 16.9 Å². The van der Waals surface area contributed by atoms with E-state index < -0.39 is 0 Å². The van der Waals surface area contributed by atoms with Crippen LogP contribution in [0.15, 0.2) is 97.2 Å². The molecule has 0 spiro atoms. The lowest BCUT2D eigenvalue weighted by Crippen LogP contribution is -2.26. The van der Waals surface area contributed by atoms with E-state index in [0.717, 1.165) is 28.1 Å². The molecule has 1 amide bonds. The third-order valence-electron chi connectivity index (χ3n) is 5.16. The average molecular weight is 396 g/mol. The van der Waals surface area contributed by atoms with Crippen molar-refractivity contribution in [2.75, 3.05) is 0 Å². The van der Waals surface area contributed by atoms with Crippen molar-refractivity contribution in [1.82, 2.24) is 15.1 Å². The molecule has 1 aromatic heterocycles. The summed E-state index contributed by atoms with van der Waals surface area (Å²) in [5, 5.41) is 7.92. The number of amides is 1. The summed E-state index contributed by atoms with van der Waals surface area (Å²) in [6.45, 7) is 2.01. The van der Waals surface area contributed by atoms with Gasteiger partial charge in [-0.3, -0.25) is 4.79 Å². The third kappa shape index (κ3) is 4.66. The van der Waals surface area contributed by atoms with Gasteiger partial charge in [0.05, 0.1) is 17.4 Å². The number of aryl methyl sites for hydroxylation is 1. The Morgan fingerprint density at radius 2 is 1.50 bits per heavy atom. The molecule has 4 rings (SSSR count). The number of benzene rings is 3. The van der Waals surface area contributed by atoms with Crippen LogP contribution in [0.3, 0.4) is 0 Å². The van der Waals surface area contributed by atoms with Gasteiger partial charge in [0, 0.05) is 18.2 Å². The van der Waals surface area contributed by atoms with Crippen molar-refractivity contribution in [3.63, 3.8) is 0 Å². The Morgan fingerprint density at radius 3 is 2.17 bits per heavy atom. The molecule has 0 aliphatic heterocycles. The summed E-state index contributed by atoms with van der Waals surface area (Å²) >= 11 is 0. The molecule has 1 atom stereocenters. The highest BCUT2D eigenvalue weighted by atomic mass is 16.1. The highest BCUT2D eigenvalue weighted by Crippen LogP contribution is 2.25. The molecule has 30 heavy (non-hydrogen) atoms. The molecule has 0 radical (unpaired) electrons. The molecule has 0 aliphatic carbocycles. The highest BCUT2D eigenvalue weighted by molar-refractivity contribution is 5.77. The lowest BCUT2D eigenvalue weighted by atomic mass is 10.0. The molecule has 150 valence electrons. The van der Waals surface area contributed by atoms with E-state index in [4.69, 9.17) is 5.10 Å². The number of hydrogen-bond acceptors (Lipinski definition) is 2. The topological polar surface area (TPSA) is 46.9 Å². The molecule has 0 fully saturated rings. The zero-order chi connectivity index (χ0) is 20.8. The van der Waals surface area contributed by atoms with Crippen LogP contribution in [-0.2, 0) is 11.2 Å². The summed E-state index contributed by atoms with van der Waals surface area (Å²) < 4.78 is 1.89. The van der Waals surface area contributed by atoms with Gasteiger partial charge >= 0.3 is 0 Å². The van der Waals surface area contributed by atoms with Crippen LogP contribution >= 0.6 is 0 Å². The second kappa shape index (κ2) is 9.23. The normalized spacial score (nSPS) is 11.8. The summed E-state index contributed by atoms with van der Waals surface area (Å²) in [5.41, 5.74) is 5.15. The molecule has 4 nitrogen and oxygen atoms in total. The van der Waals surface area contributed by atoms with Crippen molar-refractivity contribution in [2.45, 2.75) is 25.8 Å². The predicted octanol–water partition coefficient (Wildman–Crippen LogP) is 5.35. The minimum Gasteiger partial charge on any atom is -0.350 e. The summed E-state index contributed by atoms with van der Waals surface area (Å²) in [4.78, 5) is 12.6. The fourth-order valence-electron chi connectivity index (χ4n) is 3.53. The fourth-order valence-corrected chi connectivity index (χ4v) is 3.53. The van der Waals surface area contributed by atoms with E-state index in [1.165, 1.54) is 0 Å². The van der Waals surface area contributed by atoms with Crippen molar-refractivity contribution >= 4 is 5.91 Å². The quantitative estimate of drug-likeness (QED) is 0.458. The monoisotopic (exact) mass is 395 g/mol. The van der Waals surface area contributed by atoms with Gasteiger partial charge in [-0.15, -0.1) is 0 Å². The minimum absolute atomic E-state index is 0.0145. The molecule has 0 saturated carbocycles. The first-order valence-corrected chi connectivity index (χ1v) is 10.2. The second-order valence-corrected chi connectivity index (χ2v) is 7.35. The SMILES string of the molecule is C[C@@H](NC(=O)CCc1cn(-c2ccccc2)nc1-c1ccccc1)c1ccccc1. The lowest BCUT2D eigenvalue weighted by Gasteiger charge is -2.14. The Hall–Kier alpha value is -3.66. The van der Waals surface area contributed by atoms with Crippen LogP contribution in [-0.4, -0.2) is 15.7 Å². The molecule has 1 heterocycles. The summed E-state index contributed by atoms with van der Waals surface area (Å²) in [6, 6.07) is 30.2. The van der Waals surface area contributed by atoms with Crippen LogP contribution in [0.4, 0.5) is 0 Å². The van der Waals surface area contributed by atoms with E-state index in [2.05, 4.69) is 17.4 Å². The van der Waals surface area contributed by atoms with E-state index in [1.807, 2.05) is 96.7 Å². The zero-order valence-corrected chi connectivity index (χ0v) is 17.0. The van der Waals surface area contributed by atoms with Crippen LogP contribution in [0, 0.1) is 0 Å². The van der Waals surface area contributed by atoms with Gasteiger partial charge in [-0.2, -0.15) is 5.10 Å². The van der Waals surface area contributed by atoms with Gasteiger partial charge in [0.25, 0.3) is 0 Å². The van der Waals surface area contributed by atoms with Crippen LogP contribution < -0.4 is 5.32 Å². The number of carbonyl (C=O) groups is 1. The zero-order valence-electron chi connectivity index (χ0n) is 17.0. The third-order valence-corrected chi connectivity index (χ3v) is 5.16. The minimum atomic E-state index is -0.0145. The highest BCUT2D eigenvalue weighted by Gasteiger charge is 2.15. The largest absolute Gasteiger partial charge is 0.350 e. The molecule has 0 unspecified atom stereocenters. The number of nitrogens with zero attached hydrogens (tertiary/aromatic N) is 2. The van der Waals surface area contributed by atoms with E-state index in [-0.39, 0.29) is 11.9 Å². The molecular weight excluding hydrogens is 370 g/mol. The van der Waals surface area contributed by atoms with Gasteiger partial charge in [0.15, 0.2) is 0 Å². The molecule has 4 aromatic rings. The Bertz CT molecular complexity index is 1090. The number of aromatic nitrogens is 2. The van der Waals surface area contributed by atoms with Crippen LogP contribution in [0.1, 0.15) is 30.5 Å². The van der Waals surface area contributed by atoms with Crippen LogP contribution in [0.2, 0.25) is 0 Å². The molecule has 3 aromatic carbocycles. The van der Waals surface area contributed by atoms with E-state index in [9.17, 15) is 4.79 Å². The van der Waals surface area contributed by atoms with Gasteiger partial charge in [0.2, 0.25) is 5.91 Å². The summed E-state index contributed by atoms with van der Waals surface area (Å²) in [6.07, 6.45) is 3.08. The van der Waals surface area contributed by atoms with E-state index in [0.29, 0.717) is 12.8 Å². The second-order valence-electron chi connectivity index (χ2n) is 7.35. The molecule has 4 heteroatoms. The number of nitrogens with one attached hydrogen (secondary N) is 1. The number of rotatable bonds is 7. The standard InChI is InChI=1S/C26H25N3O/c1-20(21-11-5-2-6-12-21)27-25(30)18-17-23-19-29(24-15-9-4-10-16-24)28-26(23)22-13-7-3-8-14-22/h2-16,19-20H,17-18H2,1H3,(H,27,30)/t20-/m1/s1. The van der Waals surface area contributed by atoms with Gasteiger partial charge < -0.3 is 5.32 Å². The van der Waals surface area contributed by atoms with Crippen molar-refractivity contribution in [3.8, 4) is 16.9 Å². The Balaban J connectivity index is 1.51. The molecular formula is C26H25N3O. The van der Waals surface area contributed by atoms with Crippen LogP contribution in [0.5, 0.6) is 0 Å². The molecule has 1 N–H and O–H groups in total. The van der Waals surface area contributed by atoms with E-state index in [1.54, 1.807) is 0 Å². The van der Waals surface area contributed by atoms with Gasteiger partial charge in [-0.05, 0) is 36.6 Å². The smallest absolute Gasteiger partial charge is 0.220 e. The van der Waals surface area contributed by atoms with Gasteiger partial charge in [0.1, 0.15) is 0 Å². The molecule has 0 bridgehead atoms. The van der Waals surface area contributed by atoms with Crippen molar-refractivity contribution in [1.29, 1.82) is 0 Å². The number of hydrogen-bond donors (Lipinski definition) is 1. The maximum absolute atomic E-state index is 12.6. The number of carbonyl (C=O) groups excluding carboxylic acids is 1. The Labute approximate surface area is 177 Å². The van der Waals surface area contributed by atoms with Crippen molar-refractivity contribution in [3.05, 3.63) is 108 Å². The van der Waals surface area contributed by atoms with Gasteiger partial charge in [-0.25, -0.2) is 4.68 Å². The Morgan fingerprint density at radius 1 is 0.900 bits per heavy atom. The lowest BCUT2D eigenvalue weighted by molar-refractivity contribution is -0.121. The first kappa shape index (κ1) is 19.6. The summed E-state index contributed by atoms with van der Waals surface area (Å²) in [5.74, 6) is 0.0397. The van der Waals surface area contributed by atoms with E-state index >= 15 is 0 Å². The predicted molar refractivity (Wildman–Crippen MR) is 120 cm³/mol. The maximum atomic E-state index is 12.6.